The molecule has 2 N–H and O–H groups in total. The number of hydrogen-bond donors (Lipinski definition) is 2. The van der Waals surface area contributed by atoms with Crippen molar-refractivity contribution in [1.82, 2.24) is 10.2 Å². The standard InChI is InChI=1S/C18H21N3O2S/c22-17(19-15-4-2-1-3-5-15)12-21-9-6-16(7-10-21)20-18(23)14-8-11-24-13-14/h1-5,8,11,13,16H,6-7,9-10,12H2,(H,19,22)(H,20,23). The first-order chi connectivity index (χ1) is 11.7. The number of piperidine rings is 1. The lowest BCUT2D eigenvalue weighted by atomic mass is 10.0. The summed E-state index contributed by atoms with van der Waals surface area (Å²) in [5.74, 6) is -0.00141. The molecule has 0 radical (unpaired) electrons. The van der Waals surface area contributed by atoms with Gasteiger partial charge < -0.3 is 10.6 Å². The van der Waals surface area contributed by atoms with Crippen molar-refractivity contribution in [3.8, 4) is 0 Å². The number of rotatable bonds is 5. The largest absolute Gasteiger partial charge is 0.349 e. The molecule has 5 nitrogen and oxygen atoms in total. The Kier molecular flexibility index (Phi) is 5.61. The zero-order valence-electron chi connectivity index (χ0n) is 13.4. The van der Waals surface area contributed by atoms with Gasteiger partial charge in [-0.15, -0.1) is 0 Å². The first kappa shape index (κ1) is 16.7. The molecule has 0 unspecified atom stereocenters. The van der Waals surface area contributed by atoms with Gasteiger partial charge in [0.25, 0.3) is 5.91 Å². The highest BCUT2D eigenvalue weighted by Gasteiger charge is 2.22. The third-order valence-corrected chi connectivity index (χ3v) is 4.81. The van der Waals surface area contributed by atoms with Crippen LogP contribution in [0.4, 0.5) is 5.69 Å². The molecule has 24 heavy (non-hydrogen) atoms. The maximum atomic E-state index is 12.1. The molecule has 1 aliphatic rings. The fourth-order valence-electron chi connectivity index (χ4n) is 2.82. The maximum absolute atomic E-state index is 12.1. The molecule has 2 amide bonds. The highest BCUT2D eigenvalue weighted by Crippen LogP contribution is 2.13. The molecule has 2 aromatic rings. The van der Waals surface area contributed by atoms with Crippen LogP contribution in [0.5, 0.6) is 0 Å². The van der Waals surface area contributed by atoms with Crippen molar-refractivity contribution in [2.45, 2.75) is 18.9 Å². The lowest BCUT2D eigenvalue weighted by Gasteiger charge is -2.31. The average Bonchev–Trinajstić information content (AvgIpc) is 3.12. The van der Waals surface area contributed by atoms with Crippen molar-refractivity contribution in [2.75, 3.05) is 25.0 Å². The second kappa shape index (κ2) is 8.08. The second-order valence-corrected chi connectivity index (χ2v) is 6.73. The highest BCUT2D eigenvalue weighted by molar-refractivity contribution is 7.08. The van der Waals surface area contributed by atoms with Crippen LogP contribution < -0.4 is 10.6 Å². The number of carbonyl (C=O) groups excluding carboxylic acids is 2. The summed E-state index contributed by atoms with van der Waals surface area (Å²) in [4.78, 5) is 26.3. The van der Waals surface area contributed by atoms with Gasteiger partial charge in [0.2, 0.25) is 5.91 Å². The van der Waals surface area contributed by atoms with Crippen LogP contribution in [0.25, 0.3) is 0 Å². The van der Waals surface area contributed by atoms with Crippen LogP contribution in [-0.2, 0) is 4.79 Å². The molecule has 0 bridgehead atoms. The quantitative estimate of drug-likeness (QED) is 0.877. The molecule has 6 heteroatoms. The van der Waals surface area contributed by atoms with Gasteiger partial charge in [-0.3, -0.25) is 14.5 Å². The minimum Gasteiger partial charge on any atom is -0.349 e. The Hall–Kier alpha value is -2.18. The number of amides is 2. The summed E-state index contributed by atoms with van der Waals surface area (Å²) in [6.45, 7) is 2.02. The fourth-order valence-corrected chi connectivity index (χ4v) is 3.46. The first-order valence-corrected chi connectivity index (χ1v) is 9.05. The number of benzene rings is 1. The number of para-hydroxylation sites is 1. The van der Waals surface area contributed by atoms with E-state index in [1.165, 1.54) is 11.3 Å². The van der Waals surface area contributed by atoms with E-state index < -0.39 is 0 Å². The molecular weight excluding hydrogens is 322 g/mol. The number of nitrogens with zero attached hydrogens (tertiary/aromatic N) is 1. The van der Waals surface area contributed by atoms with E-state index >= 15 is 0 Å². The van der Waals surface area contributed by atoms with Crippen molar-refractivity contribution in [3.63, 3.8) is 0 Å². The van der Waals surface area contributed by atoms with Crippen LogP contribution in [0, 0.1) is 0 Å². The summed E-state index contributed by atoms with van der Waals surface area (Å²) in [5, 5.41) is 9.74. The maximum Gasteiger partial charge on any atom is 0.252 e. The predicted molar refractivity (Wildman–Crippen MR) is 96.3 cm³/mol. The molecule has 1 aromatic carbocycles. The highest BCUT2D eigenvalue weighted by atomic mass is 32.1. The van der Waals surface area contributed by atoms with Crippen molar-refractivity contribution in [3.05, 3.63) is 52.7 Å². The Labute approximate surface area is 145 Å². The molecule has 0 aliphatic carbocycles. The molecule has 3 rings (SSSR count). The minimum atomic E-state index is -0.00322. The van der Waals surface area contributed by atoms with Gasteiger partial charge in [0.05, 0.1) is 6.54 Å². The summed E-state index contributed by atoms with van der Waals surface area (Å²) in [6.07, 6.45) is 1.74. The number of nitrogens with one attached hydrogen (secondary N) is 2. The Bertz CT molecular complexity index is 665. The summed E-state index contributed by atoms with van der Waals surface area (Å²) in [6, 6.07) is 11.5. The molecule has 1 aromatic heterocycles. The molecule has 0 atom stereocenters. The zero-order valence-corrected chi connectivity index (χ0v) is 14.2. The average molecular weight is 343 g/mol. The van der Waals surface area contributed by atoms with Crippen molar-refractivity contribution >= 4 is 28.8 Å². The molecular formula is C18H21N3O2S. The van der Waals surface area contributed by atoms with E-state index in [0.717, 1.165) is 37.2 Å². The molecule has 0 saturated carbocycles. The van der Waals surface area contributed by atoms with Gasteiger partial charge in [-0.2, -0.15) is 11.3 Å². The normalized spacial score (nSPS) is 15.8. The lowest BCUT2D eigenvalue weighted by Crippen LogP contribution is -2.46. The van der Waals surface area contributed by atoms with E-state index in [4.69, 9.17) is 0 Å². The molecule has 1 aliphatic heterocycles. The van der Waals surface area contributed by atoms with E-state index in [1.54, 1.807) is 0 Å². The van der Waals surface area contributed by atoms with E-state index in [2.05, 4.69) is 15.5 Å². The van der Waals surface area contributed by atoms with Crippen LogP contribution in [0.15, 0.2) is 47.2 Å². The molecule has 1 fully saturated rings. The Balaban J connectivity index is 1.40. The number of thiophene rings is 1. The van der Waals surface area contributed by atoms with Gasteiger partial charge >= 0.3 is 0 Å². The van der Waals surface area contributed by atoms with Gasteiger partial charge in [-0.25, -0.2) is 0 Å². The smallest absolute Gasteiger partial charge is 0.252 e. The molecule has 1 saturated heterocycles. The van der Waals surface area contributed by atoms with Gasteiger partial charge in [-0.05, 0) is 36.4 Å². The lowest BCUT2D eigenvalue weighted by molar-refractivity contribution is -0.117. The van der Waals surface area contributed by atoms with E-state index in [0.29, 0.717) is 6.54 Å². The molecule has 126 valence electrons. The van der Waals surface area contributed by atoms with Gasteiger partial charge in [-0.1, -0.05) is 18.2 Å². The van der Waals surface area contributed by atoms with Crippen LogP contribution in [0.1, 0.15) is 23.2 Å². The van der Waals surface area contributed by atoms with E-state index in [1.807, 2.05) is 47.2 Å². The third kappa shape index (κ3) is 4.66. The van der Waals surface area contributed by atoms with Crippen LogP contribution >= 0.6 is 11.3 Å². The third-order valence-electron chi connectivity index (χ3n) is 4.13. The van der Waals surface area contributed by atoms with Crippen molar-refractivity contribution in [1.29, 1.82) is 0 Å². The summed E-state index contributed by atoms with van der Waals surface area (Å²) >= 11 is 1.52. The number of hydrogen-bond acceptors (Lipinski definition) is 4. The van der Waals surface area contributed by atoms with E-state index in [9.17, 15) is 9.59 Å². The first-order valence-electron chi connectivity index (χ1n) is 8.11. The summed E-state index contributed by atoms with van der Waals surface area (Å²) < 4.78 is 0. The Morgan fingerprint density at radius 3 is 2.54 bits per heavy atom. The van der Waals surface area contributed by atoms with Gasteiger partial charge in [0.1, 0.15) is 0 Å². The Morgan fingerprint density at radius 1 is 1.12 bits per heavy atom. The Morgan fingerprint density at radius 2 is 1.88 bits per heavy atom. The summed E-state index contributed by atoms with van der Waals surface area (Å²) in [5.41, 5.74) is 1.55. The summed E-state index contributed by atoms with van der Waals surface area (Å²) in [7, 11) is 0. The van der Waals surface area contributed by atoms with Crippen LogP contribution in [-0.4, -0.2) is 42.4 Å². The van der Waals surface area contributed by atoms with Crippen LogP contribution in [0.3, 0.4) is 0 Å². The number of carbonyl (C=O) groups is 2. The minimum absolute atomic E-state index is 0.00181. The van der Waals surface area contributed by atoms with Gasteiger partial charge in [0, 0.05) is 35.8 Å². The number of anilines is 1. The van der Waals surface area contributed by atoms with E-state index in [-0.39, 0.29) is 17.9 Å². The topological polar surface area (TPSA) is 61.4 Å². The second-order valence-electron chi connectivity index (χ2n) is 5.95. The zero-order chi connectivity index (χ0) is 16.8. The molecule has 2 heterocycles. The monoisotopic (exact) mass is 343 g/mol. The molecule has 0 spiro atoms. The van der Waals surface area contributed by atoms with Crippen LogP contribution in [0.2, 0.25) is 0 Å². The fraction of sp³-hybridized carbons (Fsp3) is 0.333. The SMILES string of the molecule is O=C(CN1CCC(NC(=O)c2ccsc2)CC1)Nc1ccccc1. The number of likely N-dealkylation sites (tertiary alicyclic amines) is 1. The van der Waals surface area contributed by atoms with Crippen molar-refractivity contribution < 1.29 is 9.59 Å². The van der Waals surface area contributed by atoms with Crippen molar-refractivity contribution in [2.24, 2.45) is 0 Å². The van der Waals surface area contributed by atoms with Gasteiger partial charge in [0.15, 0.2) is 0 Å². The predicted octanol–water partition coefficient (Wildman–Crippen LogP) is 2.58.